The van der Waals surface area contributed by atoms with Gasteiger partial charge in [0.05, 0.1) is 5.60 Å². The maximum atomic E-state index is 12.6. The van der Waals surface area contributed by atoms with Gasteiger partial charge in [-0.25, -0.2) is 0 Å². The average Bonchev–Trinajstić information content (AvgIpc) is 2.59. The highest BCUT2D eigenvalue weighted by Gasteiger charge is 2.47. The molecule has 2 unspecified atom stereocenters. The molecule has 174 valence electrons. The molecule has 3 rings (SSSR count). The van der Waals surface area contributed by atoms with Gasteiger partial charge in [-0.3, -0.25) is 4.90 Å². The minimum atomic E-state index is -4.72. The van der Waals surface area contributed by atoms with E-state index < -0.39 is 12.0 Å². The van der Waals surface area contributed by atoms with Gasteiger partial charge in [-0.15, -0.1) is 38.0 Å². The summed E-state index contributed by atoms with van der Waals surface area (Å²) in [6.45, 7) is 7.93. The van der Waals surface area contributed by atoms with Crippen LogP contribution in [0.25, 0.3) is 0 Å². The van der Waals surface area contributed by atoms with Crippen molar-refractivity contribution < 1.29 is 23.0 Å². The molecule has 5 atom stereocenters. The van der Waals surface area contributed by atoms with Gasteiger partial charge in [0.25, 0.3) is 0 Å². The normalized spacial score (nSPS) is 31.2. The molecule has 0 bridgehead atoms. The molecule has 2 N–H and O–H groups in total. The number of alkyl halides is 3. The van der Waals surface area contributed by atoms with Crippen LogP contribution in [0.5, 0.6) is 5.75 Å². The van der Waals surface area contributed by atoms with Crippen LogP contribution in [0.15, 0.2) is 24.3 Å². The Labute approximate surface area is 189 Å². The van der Waals surface area contributed by atoms with E-state index in [2.05, 4.69) is 28.8 Å². The summed E-state index contributed by atoms with van der Waals surface area (Å²) in [7, 11) is 0. The average molecular weight is 473 g/mol. The van der Waals surface area contributed by atoms with Crippen molar-refractivity contribution in [1.29, 1.82) is 0 Å². The molecule has 2 aliphatic rings. The SMILES string of the molecule is CC(c1cccc(OC(F)(F)F)c1)[C@@]1(O)CCCCC1N1C[C@@H](C)N[C@@H](C)C1.Cl.Cl. The first-order valence-electron chi connectivity index (χ1n) is 10.2. The number of ether oxygens (including phenoxy) is 1. The van der Waals surface area contributed by atoms with Crippen LogP contribution in [-0.2, 0) is 0 Å². The molecule has 1 saturated carbocycles. The number of halogens is 5. The Morgan fingerprint density at radius 3 is 2.40 bits per heavy atom. The van der Waals surface area contributed by atoms with Crippen LogP contribution in [0.4, 0.5) is 13.2 Å². The first kappa shape index (κ1) is 27.3. The Bertz CT molecular complexity index is 670. The van der Waals surface area contributed by atoms with Crippen LogP contribution in [0, 0.1) is 0 Å². The third-order valence-corrected chi connectivity index (χ3v) is 6.25. The standard InChI is InChI=1S/C21H31F3N2O2.2ClH/c1-14-12-26(13-15(2)25-14)19-9-4-5-10-20(19,27)16(3)17-7-6-8-18(11-17)28-21(22,23)24;;/h6-8,11,14-16,19,25,27H,4-5,9-10,12-13H2,1-3H3;2*1H/t14-,15+,16?,19?,20-;;/m0../s1. The fourth-order valence-electron chi connectivity index (χ4n) is 5.06. The van der Waals surface area contributed by atoms with E-state index in [1.807, 2.05) is 6.92 Å². The van der Waals surface area contributed by atoms with Crippen molar-refractivity contribution in [2.24, 2.45) is 0 Å². The second kappa shape index (κ2) is 10.7. The Balaban J connectivity index is 0.00000225. The number of hydrogen-bond donors (Lipinski definition) is 2. The van der Waals surface area contributed by atoms with Crippen molar-refractivity contribution in [3.05, 3.63) is 29.8 Å². The summed E-state index contributed by atoms with van der Waals surface area (Å²) in [4.78, 5) is 2.37. The predicted octanol–water partition coefficient (Wildman–Crippen LogP) is 4.89. The second-order valence-electron chi connectivity index (χ2n) is 8.52. The van der Waals surface area contributed by atoms with Gasteiger partial charge < -0.3 is 15.2 Å². The molecular weight excluding hydrogens is 440 g/mol. The minimum absolute atomic E-state index is 0. The molecular formula is C21H33Cl2F3N2O2. The van der Waals surface area contributed by atoms with Crippen molar-refractivity contribution in [3.63, 3.8) is 0 Å². The van der Waals surface area contributed by atoms with Crippen LogP contribution in [0.1, 0.15) is 57.9 Å². The van der Waals surface area contributed by atoms with Crippen molar-refractivity contribution in [2.75, 3.05) is 13.1 Å². The molecule has 1 aromatic carbocycles. The van der Waals surface area contributed by atoms with Gasteiger partial charge in [-0.05, 0) is 44.4 Å². The lowest BCUT2D eigenvalue weighted by molar-refractivity contribution is -0.274. The number of nitrogens with one attached hydrogen (secondary N) is 1. The van der Waals surface area contributed by atoms with E-state index >= 15 is 0 Å². The zero-order valence-corrected chi connectivity index (χ0v) is 19.2. The topological polar surface area (TPSA) is 44.7 Å². The molecule has 0 radical (unpaired) electrons. The minimum Gasteiger partial charge on any atom is -0.406 e. The largest absolute Gasteiger partial charge is 0.573 e. The molecule has 0 spiro atoms. The van der Waals surface area contributed by atoms with Crippen molar-refractivity contribution in [2.45, 2.75) is 82.5 Å². The van der Waals surface area contributed by atoms with E-state index in [0.29, 0.717) is 24.1 Å². The number of benzene rings is 1. The molecule has 0 amide bonds. The molecule has 9 heteroatoms. The van der Waals surface area contributed by atoms with Crippen LogP contribution in [-0.4, -0.2) is 53.2 Å². The van der Waals surface area contributed by atoms with Crippen LogP contribution in [0.3, 0.4) is 0 Å². The van der Waals surface area contributed by atoms with E-state index in [1.165, 1.54) is 12.1 Å². The fraction of sp³-hybridized carbons (Fsp3) is 0.714. The van der Waals surface area contributed by atoms with Gasteiger partial charge in [0, 0.05) is 37.1 Å². The molecule has 1 heterocycles. The third kappa shape index (κ3) is 6.39. The molecule has 1 aromatic rings. The Morgan fingerprint density at radius 2 is 1.80 bits per heavy atom. The van der Waals surface area contributed by atoms with E-state index in [-0.39, 0.29) is 42.5 Å². The summed E-state index contributed by atoms with van der Waals surface area (Å²) < 4.78 is 41.9. The van der Waals surface area contributed by atoms with Crippen molar-refractivity contribution >= 4 is 24.8 Å². The number of aliphatic hydroxyl groups is 1. The summed E-state index contributed by atoms with van der Waals surface area (Å²) in [5.41, 5.74) is -0.307. The molecule has 4 nitrogen and oxygen atoms in total. The van der Waals surface area contributed by atoms with Gasteiger partial charge in [-0.1, -0.05) is 31.9 Å². The van der Waals surface area contributed by atoms with E-state index in [4.69, 9.17) is 0 Å². The van der Waals surface area contributed by atoms with Gasteiger partial charge in [-0.2, -0.15) is 0 Å². The molecule has 1 saturated heterocycles. The highest BCUT2D eigenvalue weighted by Crippen LogP contribution is 2.43. The number of rotatable bonds is 4. The Hall–Kier alpha value is -0.730. The summed E-state index contributed by atoms with van der Waals surface area (Å²) in [6, 6.07) is 6.72. The summed E-state index contributed by atoms with van der Waals surface area (Å²) in [6.07, 6.45) is -1.19. The van der Waals surface area contributed by atoms with Crippen molar-refractivity contribution in [1.82, 2.24) is 10.2 Å². The molecule has 2 fully saturated rings. The summed E-state index contributed by atoms with van der Waals surface area (Å²) >= 11 is 0. The molecule has 0 aromatic heterocycles. The number of nitrogens with zero attached hydrogens (tertiary/aromatic N) is 1. The van der Waals surface area contributed by atoms with Crippen LogP contribution in [0.2, 0.25) is 0 Å². The monoisotopic (exact) mass is 472 g/mol. The molecule has 30 heavy (non-hydrogen) atoms. The molecule has 1 aliphatic heterocycles. The summed E-state index contributed by atoms with van der Waals surface area (Å²) in [5.74, 6) is -0.535. The zero-order valence-electron chi connectivity index (χ0n) is 17.6. The van der Waals surface area contributed by atoms with Gasteiger partial charge in [0.2, 0.25) is 0 Å². The lowest BCUT2D eigenvalue weighted by atomic mass is 9.69. The first-order valence-corrected chi connectivity index (χ1v) is 10.2. The Kier molecular flexibility index (Phi) is 9.76. The predicted molar refractivity (Wildman–Crippen MR) is 117 cm³/mol. The lowest BCUT2D eigenvalue weighted by Crippen LogP contribution is -2.64. The fourth-order valence-corrected chi connectivity index (χ4v) is 5.06. The zero-order chi connectivity index (χ0) is 20.5. The third-order valence-electron chi connectivity index (χ3n) is 6.25. The van der Waals surface area contributed by atoms with Gasteiger partial charge in [0.15, 0.2) is 0 Å². The second-order valence-corrected chi connectivity index (χ2v) is 8.52. The van der Waals surface area contributed by atoms with E-state index in [1.54, 1.807) is 12.1 Å². The quantitative estimate of drug-likeness (QED) is 0.654. The van der Waals surface area contributed by atoms with Gasteiger partial charge >= 0.3 is 6.36 Å². The lowest BCUT2D eigenvalue weighted by Gasteiger charge is -2.52. The molecule has 1 aliphatic carbocycles. The Morgan fingerprint density at radius 1 is 1.17 bits per heavy atom. The number of hydrogen-bond acceptors (Lipinski definition) is 4. The maximum Gasteiger partial charge on any atom is 0.573 e. The maximum absolute atomic E-state index is 12.6. The first-order chi connectivity index (χ1) is 13.1. The van der Waals surface area contributed by atoms with E-state index in [9.17, 15) is 18.3 Å². The van der Waals surface area contributed by atoms with E-state index in [0.717, 1.165) is 32.4 Å². The highest BCUT2D eigenvalue weighted by molar-refractivity contribution is 5.85. The van der Waals surface area contributed by atoms with Crippen molar-refractivity contribution in [3.8, 4) is 5.75 Å². The van der Waals surface area contributed by atoms with Gasteiger partial charge in [0.1, 0.15) is 5.75 Å². The highest BCUT2D eigenvalue weighted by atomic mass is 35.5. The number of piperazine rings is 1. The van der Waals surface area contributed by atoms with Crippen LogP contribution < -0.4 is 10.1 Å². The smallest absolute Gasteiger partial charge is 0.406 e. The van der Waals surface area contributed by atoms with Crippen LogP contribution >= 0.6 is 24.8 Å². The summed E-state index contributed by atoms with van der Waals surface area (Å²) in [5, 5.41) is 15.3.